The lowest BCUT2D eigenvalue weighted by Gasteiger charge is -2.44. The van der Waals surface area contributed by atoms with E-state index < -0.39 is 42.4 Å². The molecule has 6 nitrogen and oxygen atoms in total. The average molecular weight is 340 g/mol. The van der Waals surface area contributed by atoms with Crippen LogP contribution in [-0.2, 0) is 23.7 Å². The van der Waals surface area contributed by atoms with Crippen molar-refractivity contribution in [1.82, 2.24) is 0 Å². The molecule has 1 aliphatic carbocycles. The number of hydrogen-bond donors (Lipinski definition) is 1. The van der Waals surface area contributed by atoms with Crippen molar-refractivity contribution in [2.24, 2.45) is 0 Å². The second-order valence-electron chi connectivity index (χ2n) is 6.32. The lowest BCUT2D eigenvalue weighted by Crippen LogP contribution is -2.64. The van der Waals surface area contributed by atoms with E-state index in [0.717, 1.165) is 0 Å². The maximum Gasteiger partial charge on any atom is 0.164 e. The fraction of sp³-hybridized carbons (Fsp3) is 0.667. The Bertz CT molecular complexity index is 449. The summed E-state index contributed by atoms with van der Waals surface area (Å²) in [4.78, 5) is 0. The zero-order chi connectivity index (χ0) is 17.7. The van der Waals surface area contributed by atoms with Gasteiger partial charge in [0.25, 0.3) is 0 Å². The topological polar surface area (TPSA) is 66.4 Å². The Balaban J connectivity index is 2.28. The SMILES string of the molecule is C=CCO[C@H]1[C@H]2OC(C)(C)O[C@H]2[C@H](OCC=C)[C@@H](O)[C@@H]1OCC=C. The molecule has 1 N–H and O–H groups in total. The van der Waals surface area contributed by atoms with Crippen LogP contribution in [0.3, 0.4) is 0 Å². The number of rotatable bonds is 9. The molecule has 1 heterocycles. The fourth-order valence-corrected chi connectivity index (χ4v) is 3.20. The van der Waals surface area contributed by atoms with Gasteiger partial charge in [-0.3, -0.25) is 0 Å². The van der Waals surface area contributed by atoms with Crippen LogP contribution in [-0.4, -0.2) is 67.3 Å². The third-order valence-corrected chi connectivity index (χ3v) is 4.03. The first-order valence-electron chi connectivity index (χ1n) is 8.16. The molecule has 136 valence electrons. The van der Waals surface area contributed by atoms with Gasteiger partial charge in [-0.25, -0.2) is 0 Å². The van der Waals surface area contributed by atoms with E-state index in [1.165, 1.54) is 0 Å². The smallest absolute Gasteiger partial charge is 0.164 e. The lowest BCUT2D eigenvalue weighted by molar-refractivity contribution is -0.225. The van der Waals surface area contributed by atoms with Crippen LogP contribution in [0.25, 0.3) is 0 Å². The van der Waals surface area contributed by atoms with Gasteiger partial charge < -0.3 is 28.8 Å². The molecule has 2 fully saturated rings. The summed E-state index contributed by atoms with van der Waals surface area (Å²) in [5.74, 6) is -0.798. The standard InChI is InChI=1S/C18H28O6/c1-6-9-20-13-12(19)14(21-10-7-2)16-17(15(13)22-11-8-3)24-18(4,5)23-16/h6-8,12-17,19H,1-3,9-11H2,4-5H3/t12-,13-,14+,15+,16-,17+/m0/s1. The van der Waals surface area contributed by atoms with Crippen molar-refractivity contribution in [2.45, 2.75) is 56.3 Å². The van der Waals surface area contributed by atoms with Gasteiger partial charge in [-0.2, -0.15) is 0 Å². The van der Waals surface area contributed by atoms with E-state index in [1.807, 2.05) is 13.8 Å². The Morgan fingerprint density at radius 2 is 1.25 bits per heavy atom. The summed E-state index contributed by atoms with van der Waals surface area (Å²) in [5, 5.41) is 10.8. The number of aliphatic hydroxyl groups excluding tert-OH is 1. The fourth-order valence-electron chi connectivity index (χ4n) is 3.20. The molecule has 1 aliphatic heterocycles. The third kappa shape index (κ3) is 4.14. The molecule has 0 aromatic carbocycles. The van der Waals surface area contributed by atoms with Crippen LogP contribution < -0.4 is 0 Å². The molecule has 0 aromatic rings. The monoisotopic (exact) mass is 340 g/mol. The molecule has 1 saturated heterocycles. The van der Waals surface area contributed by atoms with Crippen LogP contribution in [0.2, 0.25) is 0 Å². The third-order valence-electron chi connectivity index (χ3n) is 4.03. The van der Waals surface area contributed by atoms with Gasteiger partial charge in [-0.1, -0.05) is 18.2 Å². The van der Waals surface area contributed by atoms with Crippen LogP contribution in [0.5, 0.6) is 0 Å². The van der Waals surface area contributed by atoms with E-state index in [1.54, 1.807) is 18.2 Å². The van der Waals surface area contributed by atoms with Crippen LogP contribution in [0.4, 0.5) is 0 Å². The van der Waals surface area contributed by atoms with E-state index in [9.17, 15) is 5.11 Å². The molecule has 0 radical (unpaired) electrons. The Morgan fingerprint density at radius 1 is 0.833 bits per heavy atom. The van der Waals surface area contributed by atoms with Crippen LogP contribution >= 0.6 is 0 Å². The molecule has 0 bridgehead atoms. The zero-order valence-corrected chi connectivity index (χ0v) is 14.4. The predicted molar refractivity (Wildman–Crippen MR) is 89.6 cm³/mol. The maximum absolute atomic E-state index is 10.8. The number of hydrogen-bond acceptors (Lipinski definition) is 6. The van der Waals surface area contributed by atoms with Crippen LogP contribution in [0, 0.1) is 0 Å². The average Bonchev–Trinajstić information content (AvgIpc) is 2.86. The van der Waals surface area contributed by atoms with Crippen molar-refractivity contribution in [1.29, 1.82) is 0 Å². The molecule has 2 rings (SSSR count). The summed E-state index contributed by atoms with van der Waals surface area (Å²) >= 11 is 0. The summed E-state index contributed by atoms with van der Waals surface area (Å²) < 4.78 is 29.4. The Hall–Kier alpha value is -1.02. The van der Waals surface area contributed by atoms with E-state index in [2.05, 4.69) is 19.7 Å². The molecular formula is C18H28O6. The zero-order valence-electron chi connectivity index (χ0n) is 14.4. The van der Waals surface area contributed by atoms with E-state index in [0.29, 0.717) is 13.2 Å². The molecule has 0 spiro atoms. The lowest BCUT2D eigenvalue weighted by atomic mass is 9.84. The molecule has 6 atom stereocenters. The summed E-state index contributed by atoms with van der Waals surface area (Å²) in [6.45, 7) is 15.5. The predicted octanol–water partition coefficient (Wildman–Crippen LogP) is 1.59. The molecule has 0 unspecified atom stereocenters. The van der Waals surface area contributed by atoms with Gasteiger partial charge in [0.15, 0.2) is 5.79 Å². The number of ether oxygens (including phenoxy) is 5. The van der Waals surface area contributed by atoms with E-state index >= 15 is 0 Å². The molecular weight excluding hydrogens is 312 g/mol. The number of fused-ring (bicyclic) bond motifs is 1. The van der Waals surface area contributed by atoms with Crippen molar-refractivity contribution >= 4 is 0 Å². The minimum absolute atomic E-state index is 0.283. The van der Waals surface area contributed by atoms with Crippen LogP contribution in [0.15, 0.2) is 38.0 Å². The second-order valence-corrected chi connectivity index (χ2v) is 6.32. The highest BCUT2D eigenvalue weighted by Crippen LogP contribution is 2.40. The molecule has 0 aromatic heterocycles. The molecule has 6 heteroatoms. The highest BCUT2D eigenvalue weighted by Gasteiger charge is 2.59. The Kier molecular flexibility index (Phi) is 6.74. The highest BCUT2D eigenvalue weighted by molar-refractivity contribution is 5.06. The van der Waals surface area contributed by atoms with Crippen molar-refractivity contribution in [3.63, 3.8) is 0 Å². The van der Waals surface area contributed by atoms with Gasteiger partial charge in [0.1, 0.15) is 36.6 Å². The summed E-state index contributed by atoms with van der Waals surface area (Å²) in [5.41, 5.74) is 0. The molecule has 24 heavy (non-hydrogen) atoms. The van der Waals surface area contributed by atoms with Gasteiger partial charge in [0.05, 0.1) is 19.8 Å². The quantitative estimate of drug-likeness (QED) is 0.643. The Labute approximate surface area is 143 Å². The summed E-state index contributed by atoms with van der Waals surface area (Å²) in [7, 11) is 0. The van der Waals surface area contributed by atoms with Crippen molar-refractivity contribution in [2.75, 3.05) is 19.8 Å². The minimum atomic E-state index is -0.932. The largest absolute Gasteiger partial charge is 0.387 e. The molecule has 0 amide bonds. The van der Waals surface area contributed by atoms with Gasteiger partial charge in [-0.15, -0.1) is 19.7 Å². The van der Waals surface area contributed by atoms with Gasteiger partial charge in [0, 0.05) is 0 Å². The highest BCUT2D eigenvalue weighted by atomic mass is 16.8. The van der Waals surface area contributed by atoms with Crippen molar-refractivity contribution in [3.8, 4) is 0 Å². The first kappa shape index (κ1) is 19.3. The maximum atomic E-state index is 10.8. The van der Waals surface area contributed by atoms with Gasteiger partial charge in [0.2, 0.25) is 0 Å². The second kappa shape index (κ2) is 8.38. The number of aliphatic hydroxyl groups is 1. The summed E-state index contributed by atoms with van der Waals surface area (Å²) in [6.07, 6.45) is 1.34. The van der Waals surface area contributed by atoms with E-state index in [4.69, 9.17) is 23.7 Å². The van der Waals surface area contributed by atoms with Crippen molar-refractivity contribution in [3.05, 3.63) is 38.0 Å². The first-order chi connectivity index (χ1) is 11.4. The Morgan fingerprint density at radius 3 is 1.75 bits per heavy atom. The van der Waals surface area contributed by atoms with Crippen LogP contribution in [0.1, 0.15) is 13.8 Å². The van der Waals surface area contributed by atoms with Crippen molar-refractivity contribution < 1.29 is 28.8 Å². The minimum Gasteiger partial charge on any atom is -0.387 e. The molecule has 2 aliphatic rings. The van der Waals surface area contributed by atoms with Gasteiger partial charge in [-0.05, 0) is 13.8 Å². The summed E-state index contributed by atoms with van der Waals surface area (Å²) in [6, 6.07) is 0. The normalized spacial score (nSPS) is 37.6. The van der Waals surface area contributed by atoms with E-state index in [-0.39, 0.29) is 6.61 Å². The van der Waals surface area contributed by atoms with Gasteiger partial charge >= 0.3 is 0 Å². The first-order valence-corrected chi connectivity index (χ1v) is 8.16. The molecule has 1 saturated carbocycles.